The topological polar surface area (TPSA) is 180 Å². The van der Waals surface area contributed by atoms with Crippen LogP contribution in [-0.2, 0) is 4.79 Å². The number of anilines is 1. The number of H-pyrrole nitrogens is 2. The number of amides is 2. The highest BCUT2D eigenvalue weighted by molar-refractivity contribution is 6.45. The van der Waals surface area contributed by atoms with Crippen molar-refractivity contribution in [1.29, 1.82) is 0 Å². The number of piperazine rings is 1. The van der Waals surface area contributed by atoms with E-state index in [-0.39, 0.29) is 49.4 Å². The van der Waals surface area contributed by atoms with Crippen LogP contribution < -0.4 is 5.73 Å². The predicted octanol–water partition coefficient (Wildman–Crippen LogP) is 0.196. The number of pyridine rings is 1. The van der Waals surface area contributed by atoms with Gasteiger partial charge in [0.1, 0.15) is 11.4 Å². The number of Topliss-reactive ketones (excluding diaryl/α,β-unsaturated/α-hetero) is 1. The predicted molar refractivity (Wildman–Crippen MR) is 119 cm³/mol. The Bertz CT molecular complexity index is 1400. The third-order valence-electron chi connectivity index (χ3n) is 5.70. The van der Waals surface area contributed by atoms with Gasteiger partial charge in [0.25, 0.3) is 17.6 Å². The number of carbonyl (C=O) groups excluding carboxylic acids is 3. The number of nitrogens with one attached hydrogen (secondary N) is 2. The number of nitrogens with two attached hydrogens (primary N) is 1. The van der Waals surface area contributed by atoms with Gasteiger partial charge in [0.2, 0.25) is 11.8 Å². The van der Waals surface area contributed by atoms with Gasteiger partial charge in [0.05, 0.1) is 17.3 Å². The molecule has 34 heavy (non-hydrogen) atoms. The number of fused-ring (bicyclic) bond motifs is 1. The van der Waals surface area contributed by atoms with Crippen LogP contribution in [0.5, 0.6) is 0 Å². The minimum Gasteiger partial charge on any atom is -0.366 e. The van der Waals surface area contributed by atoms with Gasteiger partial charge in [-0.25, -0.2) is 0 Å². The summed E-state index contributed by atoms with van der Waals surface area (Å²) < 4.78 is 0. The van der Waals surface area contributed by atoms with E-state index in [0.29, 0.717) is 22.3 Å². The lowest BCUT2D eigenvalue weighted by molar-refractivity contribution is -0.127. The molecule has 5 heterocycles. The molecule has 0 atom stereocenters. The van der Waals surface area contributed by atoms with Crippen LogP contribution in [-0.4, -0.2) is 88.7 Å². The average molecular weight is 460 g/mol. The molecule has 13 nitrogen and oxygen atoms in total. The summed E-state index contributed by atoms with van der Waals surface area (Å²) in [4.78, 5) is 61.4. The summed E-state index contributed by atoms with van der Waals surface area (Å²) in [6.07, 6.45) is 7.86. The fraction of sp³-hybridized carbons (Fsp3) is 0.238. The molecule has 4 aromatic heterocycles. The first-order chi connectivity index (χ1) is 16.4. The summed E-state index contributed by atoms with van der Waals surface area (Å²) in [6.45, 7) is 2.77. The van der Waals surface area contributed by atoms with Crippen LogP contribution in [0.2, 0.25) is 0 Å². The van der Waals surface area contributed by atoms with Crippen molar-refractivity contribution in [2.45, 2.75) is 6.92 Å². The number of aryl methyl sites for hydroxylation is 1. The van der Waals surface area contributed by atoms with E-state index in [1.165, 1.54) is 16.0 Å². The molecule has 1 saturated heterocycles. The molecular weight excluding hydrogens is 440 g/mol. The van der Waals surface area contributed by atoms with Gasteiger partial charge in [-0.1, -0.05) is 0 Å². The average Bonchev–Trinajstić information content (AvgIpc) is 3.51. The van der Waals surface area contributed by atoms with E-state index >= 15 is 0 Å². The summed E-state index contributed by atoms with van der Waals surface area (Å²) in [5.74, 6) is -1.61. The molecular formula is C21H20N10O3. The molecule has 1 fully saturated rings. The number of aromatic amines is 2. The van der Waals surface area contributed by atoms with Crippen molar-refractivity contribution in [2.24, 2.45) is 0 Å². The third kappa shape index (κ3) is 3.62. The van der Waals surface area contributed by atoms with Gasteiger partial charge in [-0.2, -0.15) is 4.98 Å². The third-order valence-corrected chi connectivity index (χ3v) is 5.70. The number of hydrogen-bond acceptors (Lipinski definition) is 9. The maximum Gasteiger partial charge on any atom is 0.295 e. The molecule has 0 aliphatic carbocycles. The van der Waals surface area contributed by atoms with E-state index in [4.69, 9.17) is 5.73 Å². The number of nitrogen functional groups attached to an aromatic ring is 1. The lowest BCUT2D eigenvalue weighted by Gasteiger charge is -2.33. The number of hydrogen-bond donors (Lipinski definition) is 3. The largest absolute Gasteiger partial charge is 0.366 e. The van der Waals surface area contributed by atoms with E-state index in [0.717, 1.165) is 5.56 Å². The number of ketones is 1. The van der Waals surface area contributed by atoms with Gasteiger partial charge in [-0.3, -0.25) is 34.4 Å². The minimum absolute atomic E-state index is 0.0190. The smallest absolute Gasteiger partial charge is 0.295 e. The van der Waals surface area contributed by atoms with Gasteiger partial charge in [-0.05, 0) is 12.5 Å². The van der Waals surface area contributed by atoms with Gasteiger partial charge < -0.3 is 20.5 Å². The Labute approximate surface area is 192 Å². The Morgan fingerprint density at radius 1 is 1.03 bits per heavy atom. The van der Waals surface area contributed by atoms with E-state index in [1.807, 2.05) is 6.92 Å². The highest BCUT2D eigenvalue weighted by Crippen LogP contribution is 2.29. The van der Waals surface area contributed by atoms with Crippen molar-refractivity contribution in [3.63, 3.8) is 0 Å². The number of aromatic nitrogens is 7. The van der Waals surface area contributed by atoms with Crippen LogP contribution in [0.1, 0.15) is 26.5 Å². The molecule has 0 radical (unpaired) electrons. The van der Waals surface area contributed by atoms with Crippen molar-refractivity contribution in [1.82, 2.24) is 44.9 Å². The fourth-order valence-electron chi connectivity index (χ4n) is 4.00. The second kappa shape index (κ2) is 8.35. The molecule has 0 aromatic carbocycles. The summed E-state index contributed by atoms with van der Waals surface area (Å²) in [5.41, 5.74) is 8.17. The summed E-state index contributed by atoms with van der Waals surface area (Å²) in [7, 11) is 0. The first kappa shape index (κ1) is 21.2. The Morgan fingerprint density at radius 3 is 2.47 bits per heavy atom. The molecule has 4 aromatic rings. The molecule has 0 unspecified atom stereocenters. The van der Waals surface area contributed by atoms with Crippen LogP contribution in [0.4, 0.5) is 5.95 Å². The first-order valence-corrected chi connectivity index (χ1v) is 10.5. The number of nitrogens with zero attached hydrogens (tertiary/aromatic N) is 7. The maximum atomic E-state index is 13.2. The molecule has 0 spiro atoms. The zero-order valence-electron chi connectivity index (χ0n) is 18.1. The van der Waals surface area contributed by atoms with Gasteiger partial charge in [0.15, 0.2) is 0 Å². The molecule has 13 heteroatoms. The van der Waals surface area contributed by atoms with Crippen molar-refractivity contribution in [2.75, 3.05) is 31.9 Å². The molecule has 4 N–H and O–H groups in total. The van der Waals surface area contributed by atoms with Gasteiger partial charge in [-0.15, -0.1) is 5.10 Å². The summed E-state index contributed by atoms with van der Waals surface area (Å²) in [5, 5.41) is 6.75. The quantitative estimate of drug-likeness (QED) is 0.283. The SMILES string of the molecule is Cc1cnc(-c2cnccn2)c2[nH]cc(C(=O)C(=O)N3CCN(C(=O)c4nc(N)n[nH]4)CC3)c12. The summed E-state index contributed by atoms with van der Waals surface area (Å²) in [6, 6.07) is 0. The van der Waals surface area contributed by atoms with Crippen molar-refractivity contribution >= 4 is 34.4 Å². The maximum absolute atomic E-state index is 13.2. The zero-order chi connectivity index (χ0) is 23.8. The van der Waals surface area contributed by atoms with Crippen LogP contribution in [0.3, 0.4) is 0 Å². The van der Waals surface area contributed by atoms with Crippen molar-refractivity contribution < 1.29 is 14.4 Å². The Balaban J connectivity index is 1.35. The Morgan fingerprint density at radius 2 is 1.79 bits per heavy atom. The lowest BCUT2D eigenvalue weighted by Crippen LogP contribution is -2.52. The zero-order valence-corrected chi connectivity index (χ0v) is 18.1. The van der Waals surface area contributed by atoms with E-state index in [2.05, 4.69) is 35.1 Å². The van der Waals surface area contributed by atoms with Gasteiger partial charge in [0, 0.05) is 56.4 Å². The molecule has 0 bridgehead atoms. The molecule has 1 aliphatic heterocycles. The first-order valence-electron chi connectivity index (χ1n) is 10.5. The lowest BCUT2D eigenvalue weighted by atomic mass is 10.0. The summed E-state index contributed by atoms with van der Waals surface area (Å²) >= 11 is 0. The van der Waals surface area contributed by atoms with E-state index in [9.17, 15) is 14.4 Å². The van der Waals surface area contributed by atoms with Crippen LogP contribution in [0, 0.1) is 6.92 Å². The normalized spacial score (nSPS) is 13.9. The van der Waals surface area contributed by atoms with Crippen LogP contribution in [0.25, 0.3) is 22.3 Å². The minimum atomic E-state index is -0.631. The molecule has 0 saturated carbocycles. The standard InChI is InChI=1S/C21H20N10O3/c1-11-8-25-15(13-10-23-2-3-24-13)16-14(11)12(9-26-16)17(32)19(33)30-4-6-31(7-5-30)20(34)18-27-21(22)29-28-18/h2-3,8-10,26H,4-7H2,1H3,(H3,22,27,28,29). The Kier molecular flexibility index (Phi) is 5.20. The van der Waals surface area contributed by atoms with Crippen LogP contribution in [0.15, 0.2) is 31.0 Å². The second-order valence-electron chi connectivity index (χ2n) is 7.79. The van der Waals surface area contributed by atoms with Gasteiger partial charge >= 0.3 is 0 Å². The highest BCUT2D eigenvalue weighted by Gasteiger charge is 2.31. The molecule has 1 aliphatic rings. The highest BCUT2D eigenvalue weighted by atomic mass is 16.2. The van der Waals surface area contributed by atoms with E-state index in [1.54, 1.807) is 24.8 Å². The monoisotopic (exact) mass is 460 g/mol. The van der Waals surface area contributed by atoms with Crippen molar-refractivity contribution in [3.05, 3.63) is 47.9 Å². The molecule has 2 amide bonds. The van der Waals surface area contributed by atoms with Crippen molar-refractivity contribution in [3.8, 4) is 11.4 Å². The second-order valence-corrected chi connectivity index (χ2v) is 7.79. The molecule has 5 rings (SSSR count). The van der Waals surface area contributed by atoms with Crippen LogP contribution >= 0.6 is 0 Å². The number of carbonyl (C=O) groups is 3. The fourth-order valence-corrected chi connectivity index (χ4v) is 4.00. The van der Waals surface area contributed by atoms with E-state index < -0.39 is 11.7 Å². The number of rotatable bonds is 4. The Hall–Kier alpha value is -4.68. The molecule has 172 valence electrons.